The summed E-state index contributed by atoms with van der Waals surface area (Å²) < 4.78 is 26.6. The fraction of sp³-hybridized carbons (Fsp3) is 0.0714. The van der Waals surface area contributed by atoms with Crippen LogP contribution >= 0.6 is 23.8 Å². The van der Waals surface area contributed by atoms with Gasteiger partial charge in [-0.15, -0.1) is 0 Å². The van der Waals surface area contributed by atoms with Gasteiger partial charge in [-0.05, 0) is 36.8 Å². The highest BCUT2D eigenvalue weighted by molar-refractivity contribution is 7.80. The Kier molecular flexibility index (Phi) is 4.20. The van der Waals surface area contributed by atoms with Gasteiger partial charge in [0.2, 0.25) is 0 Å². The van der Waals surface area contributed by atoms with Crippen molar-refractivity contribution >= 4 is 40.2 Å². The van der Waals surface area contributed by atoms with Crippen LogP contribution in [0.25, 0.3) is 0 Å². The summed E-state index contributed by atoms with van der Waals surface area (Å²) in [4.78, 5) is 0.292. The lowest BCUT2D eigenvalue weighted by atomic mass is 10.1. The van der Waals surface area contributed by atoms with Crippen molar-refractivity contribution in [3.05, 3.63) is 58.1 Å². The van der Waals surface area contributed by atoms with Gasteiger partial charge in [0.05, 0.1) is 10.7 Å². The van der Waals surface area contributed by atoms with Crippen LogP contribution in [-0.4, -0.2) is 4.99 Å². The molecular weight excluding hydrogens is 302 g/mol. The monoisotopic (exact) mass is 312 g/mol. The molecule has 0 spiro atoms. The molecule has 0 unspecified atom stereocenters. The summed E-state index contributed by atoms with van der Waals surface area (Å²) in [5.41, 5.74) is 7.80. The molecule has 0 fully saturated rings. The number of anilines is 2. The topological polar surface area (TPSA) is 38.0 Å². The van der Waals surface area contributed by atoms with Gasteiger partial charge in [-0.1, -0.05) is 23.8 Å². The van der Waals surface area contributed by atoms with E-state index in [9.17, 15) is 8.78 Å². The zero-order valence-electron chi connectivity index (χ0n) is 10.5. The molecule has 2 nitrogen and oxygen atoms in total. The number of aryl methyl sites for hydroxylation is 1. The Labute approximate surface area is 125 Å². The molecule has 0 aliphatic carbocycles. The van der Waals surface area contributed by atoms with Crippen LogP contribution in [0.2, 0.25) is 5.02 Å². The number of rotatable bonds is 3. The summed E-state index contributed by atoms with van der Waals surface area (Å²) in [6.07, 6.45) is 0. The van der Waals surface area contributed by atoms with Crippen molar-refractivity contribution < 1.29 is 8.78 Å². The minimum atomic E-state index is -0.758. The Bertz CT molecular complexity index is 666. The zero-order valence-corrected chi connectivity index (χ0v) is 12.1. The second kappa shape index (κ2) is 5.73. The lowest BCUT2D eigenvalue weighted by molar-refractivity contribution is 0.586. The first-order valence-corrected chi connectivity index (χ1v) is 6.49. The number of hydrogen-bond donors (Lipinski definition) is 2. The molecule has 2 aromatic carbocycles. The van der Waals surface area contributed by atoms with Gasteiger partial charge in [-0.25, -0.2) is 8.78 Å². The van der Waals surface area contributed by atoms with Crippen LogP contribution in [0, 0.1) is 18.6 Å². The summed E-state index contributed by atoms with van der Waals surface area (Å²) >= 11 is 10.7. The average molecular weight is 313 g/mol. The summed E-state index contributed by atoms with van der Waals surface area (Å²) in [5.74, 6) is -1.48. The SMILES string of the molecule is Cc1cc(Nc2c(F)cc(F)cc2Cl)ccc1C(N)=S. The van der Waals surface area contributed by atoms with E-state index in [1.807, 2.05) is 6.92 Å². The minimum absolute atomic E-state index is 0.0236. The summed E-state index contributed by atoms with van der Waals surface area (Å²) in [5, 5.41) is 2.79. The van der Waals surface area contributed by atoms with Crippen LogP contribution in [0.5, 0.6) is 0 Å². The van der Waals surface area contributed by atoms with Crippen molar-refractivity contribution in [2.24, 2.45) is 5.73 Å². The Hall–Kier alpha value is -1.72. The van der Waals surface area contributed by atoms with Gasteiger partial charge in [-0.2, -0.15) is 0 Å². The molecule has 104 valence electrons. The Morgan fingerprint density at radius 3 is 2.50 bits per heavy atom. The molecule has 2 rings (SSSR count). The second-order valence-electron chi connectivity index (χ2n) is 4.26. The van der Waals surface area contributed by atoms with Gasteiger partial charge in [-0.3, -0.25) is 0 Å². The van der Waals surface area contributed by atoms with E-state index in [0.29, 0.717) is 10.7 Å². The molecule has 0 bridgehead atoms. The first-order chi connectivity index (χ1) is 9.38. The van der Waals surface area contributed by atoms with Crippen LogP contribution < -0.4 is 11.1 Å². The third-order valence-electron chi connectivity index (χ3n) is 2.77. The van der Waals surface area contributed by atoms with Crippen molar-refractivity contribution in [2.75, 3.05) is 5.32 Å². The van der Waals surface area contributed by atoms with Gasteiger partial charge >= 0.3 is 0 Å². The lowest BCUT2D eigenvalue weighted by Crippen LogP contribution is -2.11. The molecule has 0 radical (unpaired) electrons. The standard InChI is InChI=1S/C14H11ClF2N2S/c1-7-4-9(2-3-10(7)14(18)20)19-13-11(15)5-8(16)6-12(13)17/h2-6,19H,1H3,(H2,18,20). The zero-order chi connectivity index (χ0) is 14.9. The minimum Gasteiger partial charge on any atom is -0.389 e. The summed E-state index contributed by atoms with van der Waals surface area (Å²) in [6, 6.07) is 7.00. The van der Waals surface area contributed by atoms with E-state index in [1.165, 1.54) is 0 Å². The second-order valence-corrected chi connectivity index (χ2v) is 5.11. The third-order valence-corrected chi connectivity index (χ3v) is 3.29. The number of halogens is 3. The van der Waals surface area contributed by atoms with Gasteiger partial charge in [0.1, 0.15) is 10.8 Å². The highest BCUT2D eigenvalue weighted by Crippen LogP contribution is 2.30. The van der Waals surface area contributed by atoms with Crippen LogP contribution in [-0.2, 0) is 0 Å². The molecule has 3 N–H and O–H groups in total. The largest absolute Gasteiger partial charge is 0.389 e. The molecule has 2 aromatic rings. The number of benzene rings is 2. The maximum Gasteiger partial charge on any atom is 0.151 e. The normalized spacial score (nSPS) is 10.4. The molecule has 0 saturated carbocycles. The lowest BCUT2D eigenvalue weighted by Gasteiger charge is -2.12. The molecule has 6 heteroatoms. The summed E-state index contributed by atoms with van der Waals surface area (Å²) in [7, 11) is 0. The van der Waals surface area contributed by atoms with Crippen molar-refractivity contribution in [3.8, 4) is 0 Å². The highest BCUT2D eigenvalue weighted by atomic mass is 35.5. The molecular formula is C14H11ClF2N2S. The molecule has 0 heterocycles. The van der Waals surface area contributed by atoms with Crippen LogP contribution in [0.15, 0.2) is 30.3 Å². The molecule has 0 aliphatic heterocycles. The van der Waals surface area contributed by atoms with Crippen LogP contribution in [0.4, 0.5) is 20.2 Å². The summed E-state index contributed by atoms with van der Waals surface area (Å²) in [6.45, 7) is 1.84. The fourth-order valence-electron chi connectivity index (χ4n) is 1.82. The van der Waals surface area contributed by atoms with E-state index in [2.05, 4.69) is 5.32 Å². The highest BCUT2D eigenvalue weighted by Gasteiger charge is 2.11. The van der Waals surface area contributed by atoms with Gasteiger partial charge in [0.15, 0.2) is 5.82 Å². The first-order valence-electron chi connectivity index (χ1n) is 5.70. The fourth-order valence-corrected chi connectivity index (χ4v) is 2.29. The Morgan fingerprint density at radius 1 is 1.25 bits per heavy atom. The van der Waals surface area contributed by atoms with Crippen LogP contribution in [0.3, 0.4) is 0 Å². The molecule has 0 atom stereocenters. The number of thiocarbonyl (C=S) groups is 1. The number of hydrogen-bond acceptors (Lipinski definition) is 2. The molecule has 0 saturated heterocycles. The van der Waals surface area contributed by atoms with E-state index in [1.54, 1.807) is 18.2 Å². The van der Waals surface area contributed by atoms with Crippen molar-refractivity contribution in [1.29, 1.82) is 0 Å². The van der Waals surface area contributed by atoms with Crippen molar-refractivity contribution in [2.45, 2.75) is 6.92 Å². The first kappa shape index (κ1) is 14.7. The quantitative estimate of drug-likeness (QED) is 0.830. The van der Waals surface area contributed by atoms with E-state index < -0.39 is 11.6 Å². The predicted molar refractivity (Wildman–Crippen MR) is 81.7 cm³/mol. The molecule has 0 amide bonds. The Balaban J connectivity index is 2.36. The molecule has 20 heavy (non-hydrogen) atoms. The average Bonchev–Trinajstić information content (AvgIpc) is 2.33. The van der Waals surface area contributed by atoms with E-state index in [-0.39, 0.29) is 10.7 Å². The Morgan fingerprint density at radius 2 is 1.95 bits per heavy atom. The van der Waals surface area contributed by atoms with Gasteiger partial charge in [0.25, 0.3) is 0 Å². The number of nitrogens with two attached hydrogens (primary N) is 1. The van der Waals surface area contributed by atoms with Crippen LogP contribution in [0.1, 0.15) is 11.1 Å². The maximum atomic E-state index is 13.7. The smallest absolute Gasteiger partial charge is 0.151 e. The number of nitrogens with one attached hydrogen (secondary N) is 1. The van der Waals surface area contributed by atoms with Gasteiger partial charge < -0.3 is 11.1 Å². The maximum absolute atomic E-state index is 13.7. The van der Waals surface area contributed by atoms with E-state index >= 15 is 0 Å². The predicted octanol–water partition coefficient (Wildman–Crippen LogP) is 4.30. The van der Waals surface area contributed by atoms with Crippen molar-refractivity contribution in [1.82, 2.24) is 0 Å². The van der Waals surface area contributed by atoms with E-state index in [0.717, 1.165) is 23.3 Å². The van der Waals surface area contributed by atoms with E-state index in [4.69, 9.17) is 29.6 Å². The third kappa shape index (κ3) is 3.05. The molecule has 0 aromatic heterocycles. The van der Waals surface area contributed by atoms with Crippen molar-refractivity contribution in [3.63, 3.8) is 0 Å². The molecule has 0 aliphatic rings. The van der Waals surface area contributed by atoms with Gasteiger partial charge in [0, 0.05) is 17.3 Å².